The third kappa shape index (κ3) is 4.29. The molecule has 164 valence electrons. The molecule has 2 amide bonds. The SMILES string of the molecule is C#CCOc1cccc(-c2c(F)c(F)c(NC(=O)c3ccsc3C(=O)NC)c(F)c2F)c1. The van der Waals surface area contributed by atoms with Crippen LogP contribution < -0.4 is 15.4 Å². The molecule has 0 atom stereocenters. The van der Waals surface area contributed by atoms with E-state index in [9.17, 15) is 27.2 Å². The Labute approximate surface area is 184 Å². The molecule has 0 saturated carbocycles. The van der Waals surface area contributed by atoms with Gasteiger partial charge in [0.2, 0.25) is 0 Å². The van der Waals surface area contributed by atoms with Crippen LogP contribution >= 0.6 is 11.3 Å². The maximum absolute atomic E-state index is 14.8. The standard InChI is InChI=1S/C22H14F4N2O3S/c1-3-8-31-12-6-4-5-11(10-12)14-15(23)17(25)19(18(26)16(14)24)28-21(29)13-7-9-32-20(13)22(30)27-2/h1,4-7,9-10H,8H2,2H3,(H,27,30)(H,28,29). The second-order valence-corrected chi connectivity index (χ2v) is 7.14. The van der Waals surface area contributed by atoms with Crippen LogP contribution in [0.4, 0.5) is 23.2 Å². The van der Waals surface area contributed by atoms with Crippen LogP contribution in [0.15, 0.2) is 35.7 Å². The van der Waals surface area contributed by atoms with Crippen molar-refractivity contribution >= 4 is 28.8 Å². The highest BCUT2D eigenvalue weighted by Gasteiger charge is 2.29. The van der Waals surface area contributed by atoms with Gasteiger partial charge < -0.3 is 15.4 Å². The number of terminal acetylenes is 1. The zero-order valence-corrected chi connectivity index (χ0v) is 17.2. The molecule has 0 bridgehead atoms. The van der Waals surface area contributed by atoms with E-state index in [0.29, 0.717) is 0 Å². The minimum atomic E-state index is -1.81. The number of nitrogens with one attached hydrogen (secondary N) is 2. The third-order valence-corrected chi connectivity index (χ3v) is 5.20. The Morgan fingerprint density at radius 3 is 2.38 bits per heavy atom. The summed E-state index contributed by atoms with van der Waals surface area (Å²) in [6.45, 7) is -0.122. The summed E-state index contributed by atoms with van der Waals surface area (Å²) in [6, 6.07) is 6.44. The van der Waals surface area contributed by atoms with E-state index in [1.807, 2.05) is 5.32 Å². The van der Waals surface area contributed by atoms with Crippen molar-refractivity contribution in [2.24, 2.45) is 0 Å². The monoisotopic (exact) mass is 462 g/mol. The highest BCUT2D eigenvalue weighted by atomic mass is 32.1. The molecule has 0 spiro atoms. The fraction of sp³-hybridized carbons (Fsp3) is 0.0909. The molecule has 0 aliphatic rings. The molecular weight excluding hydrogens is 448 g/mol. The van der Waals surface area contributed by atoms with E-state index >= 15 is 0 Å². The molecule has 0 radical (unpaired) electrons. The largest absolute Gasteiger partial charge is 0.481 e. The summed E-state index contributed by atoms with van der Waals surface area (Å²) in [5.41, 5.74) is -2.71. The molecule has 2 aromatic carbocycles. The van der Waals surface area contributed by atoms with Crippen molar-refractivity contribution < 1.29 is 31.9 Å². The minimum absolute atomic E-state index is 0.0350. The van der Waals surface area contributed by atoms with Gasteiger partial charge in [0.05, 0.1) is 11.1 Å². The van der Waals surface area contributed by atoms with Gasteiger partial charge in [-0.05, 0) is 29.1 Å². The van der Waals surface area contributed by atoms with Gasteiger partial charge in [-0.1, -0.05) is 18.1 Å². The maximum Gasteiger partial charge on any atom is 0.261 e. The smallest absolute Gasteiger partial charge is 0.261 e. The first-order valence-electron chi connectivity index (χ1n) is 8.93. The number of carbonyl (C=O) groups is 2. The van der Waals surface area contributed by atoms with Crippen molar-refractivity contribution in [3.8, 4) is 29.2 Å². The molecule has 3 rings (SSSR count). The molecule has 1 aromatic heterocycles. The Bertz CT molecular complexity index is 1220. The van der Waals surface area contributed by atoms with E-state index in [4.69, 9.17) is 11.2 Å². The van der Waals surface area contributed by atoms with Gasteiger partial charge in [-0.25, -0.2) is 17.6 Å². The topological polar surface area (TPSA) is 67.4 Å². The number of hydrogen-bond acceptors (Lipinski definition) is 4. The molecule has 0 aliphatic carbocycles. The summed E-state index contributed by atoms with van der Waals surface area (Å²) in [4.78, 5) is 24.2. The molecule has 32 heavy (non-hydrogen) atoms. The van der Waals surface area contributed by atoms with Crippen molar-refractivity contribution in [3.63, 3.8) is 0 Å². The van der Waals surface area contributed by atoms with Gasteiger partial charge in [0.15, 0.2) is 23.3 Å². The van der Waals surface area contributed by atoms with Gasteiger partial charge in [-0.15, -0.1) is 17.8 Å². The molecule has 0 unspecified atom stereocenters. The molecule has 0 aliphatic heterocycles. The number of carbonyl (C=O) groups excluding carboxylic acids is 2. The van der Waals surface area contributed by atoms with Gasteiger partial charge >= 0.3 is 0 Å². The number of benzene rings is 2. The van der Waals surface area contributed by atoms with Gasteiger partial charge in [0.1, 0.15) is 22.9 Å². The molecule has 2 N–H and O–H groups in total. The van der Waals surface area contributed by atoms with Gasteiger partial charge in [0, 0.05) is 7.05 Å². The van der Waals surface area contributed by atoms with Gasteiger partial charge in [-0.2, -0.15) is 0 Å². The molecule has 10 heteroatoms. The summed E-state index contributed by atoms with van der Waals surface area (Å²) >= 11 is 0.910. The zero-order valence-electron chi connectivity index (χ0n) is 16.4. The Morgan fingerprint density at radius 2 is 1.75 bits per heavy atom. The molecule has 0 saturated heterocycles. The van der Waals surface area contributed by atoms with E-state index < -0.39 is 46.3 Å². The van der Waals surface area contributed by atoms with E-state index in [0.717, 1.165) is 17.4 Å². The van der Waals surface area contributed by atoms with Crippen LogP contribution in [-0.2, 0) is 0 Å². The normalized spacial score (nSPS) is 10.4. The maximum atomic E-state index is 14.8. The Kier molecular flexibility index (Phi) is 6.80. The number of amides is 2. The van der Waals surface area contributed by atoms with Crippen LogP contribution in [0.3, 0.4) is 0 Å². The minimum Gasteiger partial charge on any atom is -0.481 e. The van der Waals surface area contributed by atoms with Crippen molar-refractivity contribution in [1.82, 2.24) is 5.32 Å². The Morgan fingerprint density at radius 1 is 1.06 bits per heavy atom. The first-order chi connectivity index (χ1) is 15.3. The fourth-order valence-electron chi connectivity index (χ4n) is 2.82. The van der Waals surface area contributed by atoms with Crippen LogP contribution in [0.1, 0.15) is 20.0 Å². The molecule has 1 heterocycles. The van der Waals surface area contributed by atoms with Crippen LogP contribution in [0, 0.1) is 35.6 Å². The first-order valence-corrected chi connectivity index (χ1v) is 9.81. The third-order valence-electron chi connectivity index (χ3n) is 4.29. The van der Waals surface area contributed by atoms with Crippen molar-refractivity contribution in [3.05, 3.63) is 69.4 Å². The average molecular weight is 462 g/mol. The number of hydrogen-bond donors (Lipinski definition) is 2. The predicted octanol–water partition coefficient (Wildman–Crippen LogP) is 4.60. The number of thiophene rings is 1. The summed E-state index contributed by atoms with van der Waals surface area (Å²) < 4.78 is 64.1. The van der Waals surface area contributed by atoms with E-state index in [2.05, 4.69) is 11.2 Å². The average Bonchev–Trinajstić information content (AvgIpc) is 3.29. The van der Waals surface area contributed by atoms with Crippen molar-refractivity contribution in [1.29, 1.82) is 0 Å². The van der Waals surface area contributed by atoms with E-state index in [1.165, 1.54) is 36.7 Å². The lowest BCUT2D eigenvalue weighted by molar-refractivity contribution is 0.0952. The number of anilines is 1. The zero-order chi connectivity index (χ0) is 23.4. The molecule has 0 fully saturated rings. The van der Waals surface area contributed by atoms with Crippen LogP contribution in [-0.4, -0.2) is 25.5 Å². The first kappa shape index (κ1) is 22.8. The van der Waals surface area contributed by atoms with Crippen LogP contribution in [0.5, 0.6) is 5.75 Å². The van der Waals surface area contributed by atoms with E-state index in [1.54, 1.807) is 0 Å². The number of halogens is 4. The molecule has 3 aromatic rings. The molecule has 5 nitrogen and oxygen atoms in total. The summed E-state index contributed by atoms with van der Waals surface area (Å²) in [6.07, 6.45) is 5.09. The van der Waals surface area contributed by atoms with E-state index in [-0.39, 0.29) is 28.4 Å². The Hall–Kier alpha value is -3.84. The quantitative estimate of drug-likeness (QED) is 0.320. The number of ether oxygens (including phenoxy) is 1. The summed E-state index contributed by atoms with van der Waals surface area (Å²) in [5, 5.41) is 5.53. The Balaban J connectivity index is 2.02. The van der Waals surface area contributed by atoms with Gasteiger partial charge in [-0.3, -0.25) is 9.59 Å². The second-order valence-electron chi connectivity index (χ2n) is 6.22. The number of rotatable bonds is 6. The fourth-order valence-corrected chi connectivity index (χ4v) is 3.66. The highest BCUT2D eigenvalue weighted by molar-refractivity contribution is 7.12. The van der Waals surface area contributed by atoms with Crippen molar-refractivity contribution in [2.45, 2.75) is 0 Å². The summed E-state index contributed by atoms with van der Waals surface area (Å²) in [7, 11) is 1.33. The van der Waals surface area contributed by atoms with Gasteiger partial charge in [0.25, 0.3) is 11.8 Å². The summed E-state index contributed by atoms with van der Waals surface area (Å²) in [5.74, 6) is -6.42. The van der Waals surface area contributed by atoms with Crippen molar-refractivity contribution in [2.75, 3.05) is 19.0 Å². The second kappa shape index (κ2) is 9.53. The highest BCUT2D eigenvalue weighted by Crippen LogP contribution is 2.36. The lowest BCUT2D eigenvalue weighted by Gasteiger charge is -2.14. The lowest BCUT2D eigenvalue weighted by atomic mass is 10.0. The van der Waals surface area contributed by atoms with Crippen LogP contribution in [0.25, 0.3) is 11.1 Å². The lowest BCUT2D eigenvalue weighted by Crippen LogP contribution is -2.22. The van der Waals surface area contributed by atoms with Crippen LogP contribution in [0.2, 0.25) is 0 Å². The predicted molar refractivity (Wildman–Crippen MR) is 112 cm³/mol. The molecular formula is C22H14F4N2O3S.